The lowest BCUT2D eigenvalue weighted by Crippen LogP contribution is -2.44. The minimum atomic E-state index is -3.79. The molecule has 1 N–H and O–H groups in total. The van der Waals surface area contributed by atoms with E-state index in [0.717, 1.165) is 11.8 Å². The van der Waals surface area contributed by atoms with Crippen LogP contribution in [0.1, 0.15) is 50.8 Å². The second kappa shape index (κ2) is 9.61. The number of hydrogen-bond donors (Lipinski definition) is 1. The summed E-state index contributed by atoms with van der Waals surface area (Å²) in [6.45, 7) is 9.45. The summed E-state index contributed by atoms with van der Waals surface area (Å²) in [6.07, 6.45) is 1.88. The molecule has 1 aliphatic rings. The Hall–Kier alpha value is -2.39. The smallest absolute Gasteiger partial charge is 0.407 e. The van der Waals surface area contributed by atoms with Gasteiger partial charge in [-0.05, 0) is 38.3 Å². The molecular weight excluding hydrogens is 408 g/mol. The Balaban J connectivity index is 2.21. The molecule has 0 bridgehead atoms. The van der Waals surface area contributed by atoms with E-state index in [1.165, 1.54) is 0 Å². The van der Waals surface area contributed by atoms with Crippen molar-refractivity contribution in [1.29, 1.82) is 0 Å². The van der Waals surface area contributed by atoms with Crippen LogP contribution in [0, 0.1) is 0 Å². The number of nitrogens with one attached hydrogen (secondary N) is 1. The second-order valence-corrected chi connectivity index (χ2v) is 9.78. The van der Waals surface area contributed by atoms with Crippen molar-refractivity contribution in [1.82, 2.24) is 10.2 Å². The van der Waals surface area contributed by atoms with Crippen LogP contribution >= 0.6 is 0 Å². The average Bonchev–Trinajstić information content (AvgIpc) is 2.98. The van der Waals surface area contributed by atoms with Gasteiger partial charge in [0.2, 0.25) is 5.91 Å². The normalized spacial score (nSPS) is 18.2. The molecule has 0 aromatic heterocycles. The fourth-order valence-corrected chi connectivity index (χ4v) is 4.03. The Morgan fingerprint density at radius 2 is 2.03 bits per heavy atom. The molecule has 2 amide bonds. The molecule has 1 fully saturated rings. The van der Waals surface area contributed by atoms with Crippen molar-refractivity contribution in [2.75, 3.05) is 19.3 Å². The molecule has 30 heavy (non-hydrogen) atoms. The summed E-state index contributed by atoms with van der Waals surface area (Å²) < 4.78 is 34.6. The molecule has 8 nitrogen and oxygen atoms in total. The molecular formula is C21H30N2O6S. The third-order valence-electron chi connectivity index (χ3n) is 4.55. The van der Waals surface area contributed by atoms with E-state index >= 15 is 0 Å². The van der Waals surface area contributed by atoms with Gasteiger partial charge in [0.15, 0.2) is 0 Å². The van der Waals surface area contributed by atoms with Crippen LogP contribution in [-0.2, 0) is 23.8 Å². The maximum Gasteiger partial charge on any atom is 0.407 e. The summed E-state index contributed by atoms with van der Waals surface area (Å²) in [5, 5.41) is 2.63. The van der Waals surface area contributed by atoms with E-state index < -0.39 is 34.0 Å². The first kappa shape index (κ1) is 23.9. The van der Waals surface area contributed by atoms with E-state index in [0.29, 0.717) is 12.0 Å². The number of carbonyl (C=O) groups is 2. The molecule has 1 heterocycles. The van der Waals surface area contributed by atoms with E-state index in [4.69, 9.17) is 8.92 Å². The van der Waals surface area contributed by atoms with Gasteiger partial charge in [-0.2, -0.15) is 8.42 Å². The van der Waals surface area contributed by atoms with Crippen LogP contribution in [0.3, 0.4) is 0 Å². The molecule has 2 rings (SSSR count). The predicted molar refractivity (Wildman–Crippen MR) is 114 cm³/mol. The van der Waals surface area contributed by atoms with E-state index in [2.05, 4.69) is 11.9 Å². The van der Waals surface area contributed by atoms with E-state index in [-0.39, 0.29) is 25.4 Å². The van der Waals surface area contributed by atoms with Crippen LogP contribution in [0.25, 0.3) is 6.08 Å². The molecule has 0 spiro atoms. The topological polar surface area (TPSA) is 102 Å². The quantitative estimate of drug-likeness (QED) is 0.626. The molecule has 0 aliphatic carbocycles. The molecule has 2 atom stereocenters. The van der Waals surface area contributed by atoms with E-state index in [1.807, 2.05) is 12.1 Å². The van der Waals surface area contributed by atoms with Crippen molar-refractivity contribution in [3.8, 4) is 0 Å². The molecule has 1 aromatic carbocycles. The zero-order valence-corrected chi connectivity index (χ0v) is 18.7. The van der Waals surface area contributed by atoms with E-state index in [1.54, 1.807) is 43.9 Å². The second-order valence-electron chi connectivity index (χ2n) is 8.18. The van der Waals surface area contributed by atoms with Gasteiger partial charge in [0.1, 0.15) is 11.7 Å². The minimum absolute atomic E-state index is 0.121. The van der Waals surface area contributed by atoms with Gasteiger partial charge in [-0.15, -0.1) is 0 Å². The summed E-state index contributed by atoms with van der Waals surface area (Å²) in [4.78, 5) is 25.9. The Labute approximate surface area is 178 Å². The Bertz CT molecular complexity index is 891. The van der Waals surface area contributed by atoms with Gasteiger partial charge in [-0.3, -0.25) is 8.98 Å². The van der Waals surface area contributed by atoms with Crippen molar-refractivity contribution >= 4 is 28.2 Å². The lowest BCUT2D eigenvalue weighted by Gasteiger charge is -2.32. The number of likely N-dealkylation sites (tertiary alicyclic amines) is 1. The number of carbonyl (C=O) groups excluding carboxylic acids is 2. The predicted octanol–water partition coefficient (Wildman–Crippen LogP) is 2.86. The lowest BCUT2D eigenvalue weighted by atomic mass is 9.95. The van der Waals surface area contributed by atoms with E-state index in [9.17, 15) is 18.0 Å². The third-order valence-corrected chi connectivity index (χ3v) is 5.10. The van der Waals surface area contributed by atoms with Crippen LogP contribution in [0.5, 0.6) is 0 Å². The third kappa shape index (κ3) is 6.84. The summed E-state index contributed by atoms with van der Waals surface area (Å²) >= 11 is 0. The maximum absolute atomic E-state index is 12.5. The largest absolute Gasteiger partial charge is 0.444 e. The SMILES string of the molecule is C=Cc1ccccc1C(OS(C)(=O)=O)C1CCC(=O)N1CCNC(=O)OC(C)(C)C. The maximum atomic E-state index is 12.5. The first-order valence-electron chi connectivity index (χ1n) is 9.77. The fraction of sp³-hybridized carbons (Fsp3) is 0.524. The van der Waals surface area contributed by atoms with Crippen LogP contribution in [0.2, 0.25) is 0 Å². The number of nitrogens with zero attached hydrogens (tertiary/aromatic N) is 1. The standard InChI is InChI=1S/C21H30N2O6S/c1-6-15-9-7-8-10-16(15)19(29-30(5,26)27)17-11-12-18(24)23(17)14-13-22-20(25)28-21(2,3)4/h6-10,17,19H,1,11-14H2,2-5H3,(H,22,25). The highest BCUT2D eigenvalue weighted by molar-refractivity contribution is 7.86. The van der Waals surface area contributed by atoms with Gasteiger partial charge < -0.3 is 15.0 Å². The van der Waals surface area contributed by atoms with Crippen LogP contribution in [-0.4, -0.2) is 56.3 Å². The first-order valence-corrected chi connectivity index (χ1v) is 11.6. The highest BCUT2D eigenvalue weighted by Gasteiger charge is 2.40. The highest BCUT2D eigenvalue weighted by Crippen LogP contribution is 2.35. The van der Waals surface area contributed by atoms with Crippen molar-refractivity contribution < 1.29 is 26.9 Å². The summed E-state index contributed by atoms with van der Waals surface area (Å²) in [5.41, 5.74) is 0.749. The van der Waals surface area contributed by atoms with Crippen LogP contribution in [0.15, 0.2) is 30.8 Å². The van der Waals surface area contributed by atoms with Crippen molar-refractivity contribution in [3.63, 3.8) is 0 Å². The molecule has 0 radical (unpaired) electrons. The number of benzene rings is 1. The molecule has 2 unspecified atom stereocenters. The van der Waals surface area contributed by atoms with Gasteiger partial charge in [0.25, 0.3) is 10.1 Å². The number of hydrogen-bond acceptors (Lipinski definition) is 6. The van der Waals surface area contributed by atoms with Crippen LogP contribution in [0.4, 0.5) is 4.79 Å². The molecule has 1 aromatic rings. The zero-order chi connectivity index (χ0) is 22.5. The molecule has 1 saturated heterocycles. The lowest BCUT2D eigenvalue weighted by molar-refractivity contribution is -0.130. The minimum Gasteiger partial charge on any atom is -0.444 e. The Morgan fingerprint density at radius 1 is 1.37 bits per heavy atom. The number of alkyl carbamates (subject to hydrolysis) is 1. The van der Waals surface area contributed by atoms with Gasteiger partial charge >= 0.3 is 6.09 Å². The molecule has 9 heteroatoms. The molecule has 166 valence electrons. The van der Waals surface area contributed by atoms with Crippen molar-refractivity contribution in [2.45, 2.75) is 51.4 Å². The summed E-state index contributed by atoms with van der Waals surface area (Å²) in [5.74, 6) is -0.121. The van der Waals surface area contributed by atoms with Crippen molar-refractivity contribution in [3.05, 3.63) is 42.0 Å². The zero-order valence-electron chi connectivity index (χ0n) is 17.9. The highest BCUT2D eigenvalue weighted by atomic mass is 32.2. The average molecular weight is 439 g/mol. The fourth-order valence-electron chi connectivity index (χ4n) is 3.42. The summed E-state index contributed by atoms with van der Waals surface area (Å²) in [7, 11) is -3.79. The van der Waals surface area contributed by atoms with Gasteiger partial charge in [-0.1, -0.05) is 36.9 Å². The monoisotopic (exact) mass is 438 g/mol. The summed E-state index contributed by atoms with van der Waals surface area (Å²) in [6, 6.07) is 6.69. The first-order chi connectivity index (χ1) is 13.9. The Morgan fingerprint density at radius 3 is 2.63 bits per heavy atom. The van der Waals surface area contributed by atoms with Crippen LogP contribution < -0.4 is 5.32 Å². The molecule has 0 saturated carbocycles. The molecule has 1 aliphatic heterocycles. The van der Waals surface area contributed by atoms with Gasteiger partial charge in [0.05, 0.1) is 12.3 Å². The Kier molecular flexibility index (Phi) is 7.65. The number of rotatable bonds is 8. The van der Waals surface area contributed by atoms with Crippen molar-refractivity contribution in [2.24, 2.45) is 0 Å². The van der Waals surface area contributed by atoms with Gasteiger partial charge in [0, 0.05) is 19.5 Å². The van der Waals surface area contributed by atoms with Gasteiger partial charge in [-0.25, -0.2) is 4.79 Å². The number of ether oxygens (including phenoxy) is 1. The number of amides is 2.